The number of carbonyl (C=O) groups is 2. The molecule has 134 valence electrons. The molecule has 2 N–H and O–H groups in total. The summed E-state index contributed by atoms with van der Waals surface area (Å²) >= 11 is 1.12. The Kier molecular flexibility index (Phi) is 4.99. The minimum absolute atomic E-state index is 0.143. The van der Waals surface area contributed by atoms with Crippen molar-refractivity contribution >= 4 is 34.9 Å². The first-order valence-corrected chi connectivity index (χ1v) is 8.98. The second-order valence-electron chi connectivity index (χ2n) is 5.82. The molecule has 0 atom stereocenters. The fraction of sp³-hybridized carbons (Fsp3) is 0.211. The minimum Gasteiger partial charge on any atom is -0.462 e. The number of amidine groups is 1. The van der Waals surface area contributed by atoms with Gasteiger partial charge in [0, 0.05) is 17.1 Å². The zero-order valence-corrected chi connectivity index (χ0v) is 15.6. The molecule has 1 aliphatic rings. The van der Waals surface area contributed by atoms with Gasteiger partial charge in [-0.1, -0.05) is 0 Å². The molecule has 2 heterocycles. The molecule has 3 rings (SSSR count). The van der Waals surface area contributed by atoms with Gasteiger partial charge in [0.2, 0.25) is 0 Å². The summed E-state index contributed by atoms with van der Waals surface area (Å²) in [5.74, 6) is -0.583. The second-order valence-corrected chi connectivity index (χ2v) is 6.88. The van der Waals surface area contributed by atoms with E-state index in [2.05, 4.69) is 9.88 Å². The van der Waals surface area contributed by atoms with Crippen molar-refractivity contribution in [2.75, 3.05) is 6.61 Å². The van der Waals surface area contributed by atoms with Gasteiger partial charge in [-0.15, -0.1) is 0 Å². The van der Waals surface area contributed by atoms with Crippen molar-refractivity contribution in [2.45, 2.75) is 20.8 Å². The van der Waals surface area contributed by atoms with Crippen molar-refractivity contribution in [3.05, 3.63) is 57.8 Å². The largest absolute Gasteiger partial charge is 0.462 e. The van der Waals surface area contributed by atoms with E-state index in [-0.39, 0.29) is 17.0 Å². The zero-order valence-electron chi connectivity index (χ0n) is 14.8. The predicted molar refractivity (Wildman–Crippen MR) is 103 cm³/mol. The average Bonchev–Trinajstić information content (AvgIpc) is 3.06. The zero-order chi connectivity index (χ0) is 18.8. The number of hydrogen-bond acceptors (Lipinski definition) is 5. The monoisotopic (exact) mass is 369 g/mol. The number of nitrogens with one attached hydrogen (secondary N) is 2. The summed E-state index contributed by atoms with van der Waals surface area (Å²) < 4.78 is 7.07. The van der Waals surface area contributed by atoms with Crippen molar-refractivity contribution < 1.29 is 14.3 Å². The van der Waals surface area contributed by atoms with E-state index < -0.39 is 0 Å². The maximum absolute atomic E-state index is 11.8. The number of carbonyl (C=O) groups excluding carboxylic acids is 2. The van der Waals surface area contributed by atoms with Crippen LogP contribution in [0.5, 0.6) is 0 Å². The van der Waals surface area contributed by atoms with Gasteiger partial charge in [0.1, 0.15) is 0 Å². The number of esters is 1. The highest BCUT2D eigenvalue weighted by Crippen LogP contribution is 2.28. The number of benzene rings is 1. The standard InChI is InChI=1S/C19H19N3O3S/c1-4-25-18(24)13-5-7-15(8-6-13)22-11(2)9-14(12(22)3)10-16-17(23)21-19(20)26-16/h5-10H,4H2,1-3H3,(H2,20,21,23). The first kappa shape index (κ1) is 18.0. The first-order valence-electron chi connectivity index (χ1n) is 8.16. The Hall–Kier alpha value is -2.80. The molecule has 7 heteroatoms. The lowest BCUT2D eigenvalue weighted by Crippen LogP contribution is -2.18. The molecule has 1 aromatic heterocycles. The van der Waals surface area contributed by atoms with Crippen LogP contribution in [0.15, 0.2) is 35.2 Å². The number of thioether (sulfide) groups is 1. The van der Waals surface area contributed by atoms with Crippen LogP contribution in [0.2, 0.25) is 0 Å². The average molecular weight is 369 g/mol. The third-order valence-corrected chi connectivity index (χ3v) is 4.89. The number of ether oxygens (including phenoxy) is 1. The van der Waals surface area contributed by atoms with Gasteiger partial charge in [0.05, 0.1) is 17.1 Å². The van der Waals surface area contributed by atoms with Crippen LogP contribution in [0.3, 0.4) is 0 Å². The molecule has 6 nitrogen and oxygen atoms in total. The third kappa shape index (κ3) is 3.43. The van der Waals surface area contributed by atoms with Crippen LogP contribution < -0.4 is 5.32 Å². The molecule has 0 unspecified atom stereocenters. The summed E-state index contributed by atoms with van der Waals surface area (Å²) in [6.07, 6.45) is 1.80. The van der Waals surface area contributed by atoms with E-state index in [1.54, 1.807) is 25.1 Å². The van der Waals surface area contributed by atoms with Gasteiger partial charge in [-0.2, -0.15) is 0 Å². The minimum atomic E-state index is -0.336. The van der Waals surface area contributed by atoms with Gasteiger partial charge in [0.15, 0.2) is 5.17 Å². The Morgan fingerprint density at radius 2 is 2.00 bits per heavy atom. The maximum Gasteiger partial charge on any atom is 0.338 e. The summed E-state index contributed by atoms with van der Waals surface area (Å²) in [6, 6.07) is 9.22. The topological polar surface area (TPSA) is 84.2 Å². The fourth-order valence-electron chi connectivity index (χ4n) is 2.87. The van der Waals surface area contributed by atoms with Crippen molar-refractivity contribution in [2.24, 2.45) is 0 Å². The molecule has 0 aliphatic carbocycles. The van der Waals surface area contributed by atoms with Gasteiger partial charge < -0.3 is 14.6 Å². The molecule has 2 aromatic rings. The lowest BCUT2D eigenvalue weighted by Gasteiger charge is -2.10. The molecule has 0 spiro atoms. The van der Waals surface area contributed by atoms with Crippen LogP contribution in [0.1, 0.15) is 34.2 Å². The molecule has 26 heavy (non-hydrogen) atoms. The van der Waals surface area contributed by atoms with E-state index in [4.69, 9.17) is 10.1 Å². The fourth-order valence-corrected chi connectivity index (χ4v) is 3.57. The van der Waals surface area contributed by atoms with E-state index >= 15 is 0 Å². The normalized spacial score (nSPS) is 15.4. The number of nitrogens with zero attached hydrogens (tertiary/aromatic N) is 1. The Balaban J connectivity index is 1.93. The molecule has 1 aliphatic heterocycles. The number of rotatable bonds is 4. The molecular formula is C19H19N3O3S. The van der Waals surface area contributed by atoms with Crippen molar-refractivity contribution in [1.82, 2.24) is 9.88 Å². The summed E-state index contributed by atoms with van der Waals surface area (Å²) in [4.78, 5) is 24.1. The third-order valence-electron chi connectivity index (χ3n) is 4.06. The molecule has 1 aromatic carbocycles. The first-order chi connectivity index (χ1) is 12.4. The predicted octanol–water partition coefficient (Wildman–Crippen LogP) is 3.41. The van der Waals surface area contributed by atoms with Crippen LogP contribution in [0.25, 0.3) is 11.8 Å². The number of aromatic nitrogens is 1. The summed E-state index contributed by atoms with van der Waals surface area (Å²) in [7, 11) is 0. The van der Waals surface area contributed by atoms with Crippen LogP contribution in [-0.4, -0.2) is 28.2 Å². The van der Waals surface area contributed by atoms with Crippen molar-refractivity contribution in [3.63, 3.8) is 0 Å². The molecule has 1 fully saturated rings. The van der Waals surface area contributed by atoms with Crippen LogP contribution in [0.4, 0.5) is 0 Å². The van der Waals surface area contributed by atoms with Crippen LogP contribution >= 0.6 is 11.8 Å². The molecule has 1 saturated heterocycles. The number of amides is 1. The molecule has 0 saturated carbocycles. The van der Waals surface area contributed by atoms with Crippen LogP contribution in [-0.2, 0) is 9.53 Å². The van der Waals surface area contributed by atoms with E-state index in [9.17, 15) is 9.59 Å². The Morgan fingerprint density at radius 1 is 1.31 bits per heavy atom. The highest BCUT2D eigenvalue weighted by atomic mass is 32.2. The molecule has 0 radical (unpaired) electrons. The van der Waals surface area contributed by atoms with E-state index in [1.807, 2.05) is 32.0 Å². The highest BCUT2D eigenvalue weighted by molar-refractivity contribution is 8.18. The smallest absolute Gasteiger partial charge is 0.338 e. The van der Waals surface area contributed by atoms with Gasteiger partial charge in [-0.25, -0.2) is 4.79 Å². The van der Waals surface area contributed by atoms with Gasteiger partial charge in [0.25, 0.3) is 5.91 Å². The van der Waals surface area contributed by atoms with Crippen molar-refractivity contribution in [3.8, 4) is 5.69 Å². The van der Waals surface area contributed by atoms with E-state index in [0.717, 1.165) is 34.4 Å². The Bertz CT molecular complexity index is 926. The summed E-state index contributed by atoms with van der Waals surface area (Å²) in [5.41, 5.74) is 4.35. The molecule has 1 amide bonds. The van der Waals surface area contributed by atoms with Gasteiger partial charge in [-0.3, -0.25) is 10.2 Å². The SMILES string of the molecule is CCOC(=O)c1ccc(-n2c(C)cc(C=C3SC(=N)NC3=O)c2C)cc1. The maximum atomic E-state index is 11.8. The second kappa shape index (κ2) is 7.21. The lowest BCUT2D eigenvalue weighted by molar-refractivity contribution is -0.115. The van der Waals surface area contributed by atoms with Crippen LogP contribution in [0, 0.1) is 19.3 Å². The Morgan fingerprint density at radius 3 is 2.58 bits per heavy atom. The molecule has 0 bridgehead atoms. The number of aryl methyl sites for hydroxylation is 1. The molecular weight excluding hydrogens is 350 g/mol. The van der Waals surface area contributed by atoms with E-state index in [1.165, 1.54) is 0 Å². The van der Waals surface area contributed by atoms with E-state index in [0.29, 0.717) is 17.1 Å². The number of hydrogen-bond donors (Lipinski definition) is 2. The summed E-state index contributed by atoms with van der Waals surface area (Å²) in [6.45, 7) is 6.08. The lowest BCUT2D eigenvalue weighted by atomic mass is 10.2. The van der Waals surface area contributed by atoms with Gasteiger partial charge in [-0.05, 0) is 74.5 Å². The Labute approximate surface area is 155 Å². The highest BCUT2D eigenvalue weighted by Gasteiger charge is 2.23. The van der Waals surface area contributed by atoms with Crippen molar-refractivity contribution in [1.29, 1.82) is 5.41 Å². The quantitative estimate of drug-likeness (QED) is 0.639. The summed E-state index contributed by atoms with van der Waals surface area (Å²) in [5, 5.41) is 10.2. The van der Waals surface area contributed by atoms with Gasteiger partial charge >= 0.3 is 5.97 Å².